The molecule has 1 aromatic rings. The Morgan fingerprint density at radius 1 is 1.50 bits per heavy atom. The highest BCUT2D eigenvalue weighted by Gasteiger charge is 2.18. The Kier molecular flexibility index (Phi) is 4.65. The molecule has 0 fully saturated rings. The van der Waals surface area contributed by atoms with Crippen LogP contribution in [0.25, 0.3) is 0 Å². The first-order valence-corrected chi connectivity index (χ1v) is 6.63. The van der Waals surface area contributed by atoms with Gasteiger partial charge in [-0.1, -0.05) is 6.92 Å². The number of benzene rings is 1. The molecular weight excluding hydrogens is 260 g/mol. The van der Waals surface area contributed by atoms with Crippen molar-refractivity contribution in [3.8, 4) is 5.75 Å². The van der Waals surface area contributed by atoms with Crippen molar-refractivity contribution in [2.45, 2.75) is 18.2 Å². The number of sulfonamides is 1. The Labute approximate surface area is 105 Å². The van der Waals surface area contributed by atoms with Crippen LogP contribution in [-0.4, -0.2) is 26.1 Å². The second-order valence-electron chi connectivity index (χ2n) is 3.43. The summed E-state index contributed by atoms with van der Waals surface area (Å²) in [5.41, 5.74) is -0.222. The number of ether oxygens (including phenoxy) is 1. The Morgan fingerprint density at radius 3 is 2.67 bits per heavy atom. The molecule has 0 atom stereocenters. The lowest BCUT2D eigenvalue weighted by atomic mass is 10.2. The predicted octanol–water partition coefficient (Wildman–Crippen LogP) is 0.326. The van der Waals surface area contributed by atoms with Crippen LogP contribution in [0.2, 0.25) is 0 Å². The van der Waals surface area contributed by atoms with Gasteiger partial charge in [0, 0.05) is 0 Å². The molecule has 0 aliphatic carbocycles. The van der Waals surface area contributed by atoms with Crippen LogP contribution in [0, 0.1) is 0 Å². The highest BCUT2D eigenvalue weighted by molar-refractivity contribution is 7.89. The lowest BCUT2D eigenvalue weighted by Crippen LogP contribution is -2.30. The van der Waals surface area contributed by atoms with Crippen molar-refractivity contribution in [3.63, 3.8) is 0 Å². The first-order chi connectivity index (χ1) is 8.42. The highest BCUT2D eigenvalue weighted by atomic mass is 32.2. The van der Waals surface area contributed by atoms with Gasteiger partial charge in [-0.3, -0.25) is 5.84 Å². The summed E-state index contributed by atoms with van der Waals surface area (Å²) in [6.07, 6.45) is 0.712. The summed E-state index contributed by atoms with van der Waals surface area (Å²) in [6, 6.07) is 3.53. The summed E-state index contributed by atoms with van der Waals surface area (Å²) in [6.45, 7) is 2.22. The fourth-order valence-corrected chi connectivity index (χ4v) is 1.91. The molecule has 0 unspecified atom stereocenters. The van der Waals surface area contributed by atoms with Gasteiger partial charge in [-0.25, -0.2) is 13.2 Å². The smallest absolute Gasteiger partial charge is 0.339 e. The quantitative estimate of drug-likeness (QED) is 0.508. The minimum atomic E-state index is -3.88. The first-order valence-electron chi connectivity index (χ1n) is 5.15. The van der Waals surface area contributed by atoms with E-state index in [2.05, 4.69) is 0 Å². The zero-order chi connectivity index (χ0) is 13.8. The van der Waals surface area contributed by atoms with E-state index in [9.17, 15) is 13.2 Å². The van der Waals surface area contributed by atoms with E-state index in [1.165, 1.54) is 12.1 Å². The molecule has 18 heavy (non-hydrogen) atoms. The molecule has 0 aliphatic rings. The van der Waals surface area contributed by atoms with Crippen LogP contribution in [0.5, 0.6) is 5.75 Å². The standard InChI is InChI=1S/C10H14N2O5S/c1-2-5-17-9-4-3-7(18(15,16)12-11)6-8(9)10(13)14/h3-4,6,12H,2,5,11H2,1H3,(H,13,14). The van der Waals surface area contributed by atoms with E-state index < -0.39 is 16.0 Å². The maximum absolute atomic E-state index is 11.4. The molecule has 0 amide bonds. The fraction of sp³-hybridized carbons (Fsp3) is 0.300. The molecule has 4 N–H and O–H groups in total. The molecule has 0 radical (unpaired) electrons. The average Bonchev–Trinajstić information content (AvgIpc) is 2.35. The summed E-state index contributed by atoms with van der Waals surface area (Å²) in [5.74, 6) is 3.72. The molecule has 0 heterocycles. The number of aromatic carboxylic acids is 1. The van der Waals surface area contributed by atoms with Crippen molar-refractivity contribution >= 4 is 16.0 Å². The second kappa shape index (κ2) is 5.80. The number of nitrogens with one attached hydrogen (secondary N) is 1. The van der Waals surface area contributed by atoms with Gasteiger partial charge < -0.3 is 9.84 Å². The van der Waals surface area contributed by atoms with Crippen molar-refractivity contribution in [1.29, 1.82) is 0 Å². The molecule has 7 nitrogen and oxygen atoms in total. The van der Waals surface area contributed by atoms with Crippen LogP contribution >= 0.6 is 0 Å². The van der Waals surface area contributed by atoms with Crippen LogP contribution in [0.4, 0.5) is 0 Å². The largest absolute Gasteiger partial charge is 0.493 e. The molecule has 0 aromatic heterocycles. The number of carbonyl (C=O) groups is 1. The normalized spacial score (nSPS) is 11.2. The van der Waals surface area contributed by atoms with Gasteiger partial charge in [-0.2, -0.15) is 4.83 Å². The van der Waals surface area contributed by atoms with Gasteiger partial charge in [0.25, 0.3) is 10.0 Å². The van der Waals surface area contributed by atoms with Crippen molar-refractivity contribution in [1.82, 2.24) is 4.83 Å². The van der Waals surface area contributed by atoms with Crippen LogP contribution in [0.3, 0.4) is 0 Å². The number of hydrogen-bond acceptors (Lipinski definition) is 5. The fourth-order valence-electron chi connectivity index (χ4n) is 1.25. The van der Waals surface area contributed by atoms with Crippen LogP contribution in [-0.2, 0) is 10.0 Å². The lowest BCUT2D eigenvalue weighted by Gasteiger charge is -2.10. The molecule has 1 aromatic carbocycles. The molecule has 8 heteroatoms. The van der Waals surface area contributed by atoms with Crippen LogP contribution in [0.1, 0.15) is 23.7 Å². The van der Waals surface area contributed by atoms with E-state index in [0.717, 1.165) is 6.07 Å². The monoisotopic (exact) mass is 274 g/mol. The number of hydrogen-bond donors (Lipinski definition) is 3. The van der Waals surface area contributed by atoms with E-state index in [4.69, 9.17) is 15.7 Å². The number of rotatable bonds is 6. The Hall–Kier alpha value is -1.64. The molecule has 0 saturated heterocycles. The predicted molar refractivity (Wildman–Crippen MR) is 63.7 cm³/mol. The van der Waals surface area contributed by atoms with E-state index >= 15 is 0 Å². The summed E-state index contributed by atoms with van der Waals surface area (Å²) < 4.78 is 28.1. The van der Waals surface area contributed by atoms with Crippen LogP contribution < -0.4 is 15.4 Å². The SMILES string of the molecule is CCCOc1ccc(S(=O)(=O)NN)cc1C(=O)O. The summed E-state index contributed by atoms with van der Waals surface area (Å²) in [5, 5.41) is 9.00. The zero-order valence-corrected chi connectivity index (χ0v) is 10.5. The van der Waals surface area contributed by atoms with E-state index in [1.54, 1.807) is 4.83 Å². The third-order valence-corrected chi connectivity index (χ3v) is 3.29. The van der Waals surface area contributed by atoms with E-state index in [-0.39, 0.29) is 16.2 Å². The maximum atomic E-state index is 11.4. The Morgan fingerprint density at radius 2 is 2.17 bits per heavy atom. The molecule has 0 saturated carbocycles. The van der Waals surface area contributed by atoms with Gasteiger partial charge in [-0.15, -0.1) is 0 Å². The molecule has 1 rings (SSSR count). The third-order valence-electron chi connectivity index (χ3n) is 2.11. The van der Waals surface area contributed by atoms with Gasteiger partial charge >= 0.3 is 5.97 Å². The number of carboxylic acids is 1. The molecule has 100 valence electrons. The number of carboxylic acid groups (broad SMARTS) is 1. The average molecular weight is 274 g/mol. The molecule has 0 bridgehead atoms. The second-order valence-corrected chi connectivity index (χ2v) is 5.15. The summed E-state index contributed by atoms with van der Waals surface area (Å²) in [7, 11) is -3.88. The Bertz CT molecular complexity index is 541. The van der Waals surface area contributed by atoms with Gasteiger partial charge in [0.2, 0.25) is 0 Å². The molecule has 0 spiro atoms. The molecular formula is C10H14N2O5S. The van der Waals surface area contributed by atoms with Crippen molar-refractivity contribution in [2.75, 3.05) is 6.61 Å². The van der Waals surface area contributed by atoms with E-state index in [0.29, 0.717) is 13.0 Å². The molecule has 0 aliphatic heterocycles. The Balaban J connectivity index is 3.23. The van der Waals surface area contributed by atoms with Crippen molar-refractivity contribution in [2.24, 2.45) is 5.84 Å². The minimum Gasteiger partial charge on any atom is -0.493 e. The zero-order valence-electron chi connectivity index (χ0n) is 9.71. The number of hydrazine groups is 1. The van der Waals surface area contributed by atoms with Gasteiger partial charge in [0.15, 0.2) is 0 Å². The lowest BCUT2D eigenvalue weighted by molar-refractivity contribution is 0.0692. The third kappa shape index (κ3) is 3.19. The van der Waals surface area contributed by atoms with E-state index in [1.807, 2.05) is 6.92 Å². The highest BCUT2D eigenvalue weighted by Crippen LogP contribution is 2.22. The topological polar surface area (TPSA) is 119 Å². The van der Waals surface area contributed by atoms with Crippen molar-refractivity contribution in [3.05, 3.63) is 23.8 Å². The van der Waals surface area contributed by atoms with Crippen molar-refractivity contribution < 1.29 is 23.1 Å². The first kappa shape index (κ1) is 14.4. The maximum Gasteiger partial charge on any atom is 0.339 e. The van der Waals surface area contributed by atoms with Gasteiger partial charge in [-0.05, 0) is 24.6 Å². The number of nitrogens with two attached hydrogens (primary N) is 1. The van der Waals surface area contributed by atoms with Crippen LogP contribution in [0.15, 0.2) is 23.1 Å². The summed E-state index contributed by atoms with van der Waals surface area (Å²) in [4.78, 5) is 12.4. The van der Waals surface area contributed by atoms with Gasteiger partial charge in [0.1, 0.15) is 11.3 Å². The summed E-state index contributed by atoms with van der Waals surface area (Å²) >= 11 is 0. The van der Waals surface area contributed by atoms with Gasteiger partial charge in [0.05, 0.1) is 11.5 Å². The minimum absolute atomic E-state index is 0.125.